The van der Waals surface area contributed by atoms with E-state index in [0.29, 0.717) is 22.2 Å². The lowest BCUT2D eigenvalue weighted by Crippen LogP contribution is -2.22. The van der Waals surface area contributed by atoms with Crippen molar-refractivity contribution in [3.8, 4) is 0 Å². The van der Waals surface area contributed by atoms with Gasteiger partial charge in [0.25, 0.3) is 5.91 Å². The summed E-state index contributed by atoms with van der Waals surface area (Å²) in [6, 6.07) is 12.9. The Morgan fingerprint density at radius 1 is 1.10 bits per heavy atom. The van der Waals surface area contributed by atoms with Crippen LogP contribution < -0.4 is 5.32 Å². The molecule has 0 aromatic heterocycles. The van der Waals surface area contributed by atoms with Gasteiger partial charge in [0, 0.05) is 26.3 Å². The van der Waals surface area contributed by atoms with Gasteiger partial charge in [0.2, 0.25) is 0 Å². The summed E-state index contributed by atoms with van der Waals surface area (Å²) in [6.07, 6.45) is 0. The van der Waals surface area contributed by atoms with Crippen molar-refractivity contribution >= 4 is 34.8 Å². The number of hydrogen-bond acceptors (Lipinski definition) is 2. The maximum atomic E-state index is 12.1. The van der Waals surface area contributed by atoms with Crippen LogP contribution in [0.25, 0.3) is 0 Å². The molecular formula is C16H16Cl2N2O. The van der Waals surface area contributed by atoms with Crippen LogP contribution in [-0.4, -0.2) is 24.9 Å². The summed E-state index contributed by atoms with van der Waals surface area (Å²) < 4.78 is 0. The molecule has 0 heterocycles. The molecule has 0 aliphatic rings. The maximum Gasteiger partial charge on any atom is 0.255 e. The van der Waals surface area contributed by atoms with Crippen LogP contribution in [0, 0.1) is 0 Å². The van der Waals surface area contributed by atoms with Gasteiger partial charge in [-0.1, -0.05) is 47.5 Å². The molecule has 2 rings (SSSR count). The van der Waals surface area contributed by atoms with E-state index in [4.69, 9.17) is 23.2 Å². The van der Waals surface area contributed by atoms with E-state index in [9.17, 15) is 4.79 Å². The highest BCUT2D eigenvalue weighted by atomic mass is 35.5. The van der Waals surface area contributed by atoms with E-state index in [2.05, 4.69) is 5.32 Å². The molecule has 0 unspecified atom stereocenters. The number of nitrogens with zero attached hydrogens (tertiary/aromatic N) is 1. The molecule has 0 fully saturated rings. The zero-order valence-corrected chi connectivity index (χ0v) is 13.4. The van der Waals surface area contributed by atoms with Crippen LogP contribution in [0.5, 0.6) is 0 Å². The van der Waals surface area contributed by atoms with Crippen molar-refractivity contribution in [3.63, 3.8) is 0 Å². The van der Waals surface area contributed by atoms with E-state index >= 15 is 0 Å². The molecule has 2 aromatic rings. The topological polar surface area (TPSA) is 32.3 Å². The van der Waals surface area contributed by atoms with Crippen LogP contribution in [0.1, 0.15) is 15.9 Å². The van der Waals surface area contributed by atoms with Crippen molar-refractivity contribution in [1.29, 1.82) is 0 Å². The van der Waals surface area contributed by atoms with Gasteiger partial charge in [-0.05, 0) is 23.8 Å². The predicted molar refractivity (Wildman–Crippen MR) is 88.2 cm³/mol. The lowest BCUT2D eigenvalue weighted by atomic mass is 10.1. The zero-order valence-electron chi connectivity index (χ0n) is 11.9. The number of anilines is 1. The fraction of sp³-hybridized carbons (Fsp3) is 0.188. The Morgan fingerprint density at radius 3 is 2.52 bits per heavy atom. The van der Waals surface area contributed by atoms with Crippen LogP contribution >= 0.6 is 23.2 Å². The molecule has 21 heavy (non-hydrogen) atoms. The Labute approximate surface area is 134 Å². The van der Waals surface area contributed by atoms with Crippen LogP contribution in [-0.2, 0) is 6.54 Å². The molecule has 0 aliphatic heterocycles. The van der Waals surface area contributed by atoms with Gasteiger partial charge in [0.1, 0.15) is 0 Å². The normalized spacial score (nSPS) is 10.3. The first-order valence-electron chi connectivity index (χ1n) is 6.48. The summed E-state index contributed by atoms with van der Waals surface area (Å²) in [7, 11) is 3.46. The SMILES string of the molecule is CN(C)C(=O)c1ccccc1NCc1cccc(Cl)c1Cl. The van der Waals surface area contributed by atoms with Gasteiger partial charge in [-0.25, -0.2) is 0 Å². The van der Waals surface area contributed by atoms with E-state index in [-0.39, 0.29) is 5.91 Å². The highest BCUT2D eigenvalue weighted by Crippen LogP contribution is 2.26. The number of amides is 1. The Balaban J connectivity index is 2.21. The highest BCUT2D eigenvalue weighted by Gasteiger charge is 2.13. The average Bonchev–Trinajstić information content (AvgIpc) is 2.48. The maximum absolute atomic E-state index is 12.1. The molecule has 5 heteroatoms. The van der Waals surface area contributed by atoms with Gasteiger partial charge >= 0.3 is 0 Å². The lowest BCUT2D eigenvalue weighted by Gasteiger charge is -2.15. The van der Waals surface area contributed by atoms with Crippen molar-refractivity contribution in [2.24, 2.45) is 0 Å². The number of nitrogens with one attached hydrogen (secondary N) is 1. The molecule has 1 amide bonds. The van der Waals surface area contributed by atoms with Crippen LogP contribution in [0.15, 0.2) is 42.5 Å². The minimum absolute atomic E-state index is 0.0460. The van der Waals surface area contributed by atoms with E-state index < -0.39 is 0 Å². The third-order valence-corrected chi connectivity index (χ3v) is 3.92. The van der Waals surface area contributed by atoms with Gasteiger partial charge < -0.3 is 10.2 Å². The quantitative estimate of drug-likeness (QED) is 0.909. The minimum Gasteiger partial charge on any atom is -0.380 e. The van der Waals surface area contributed by atoms with Crippen molar-refractivity contribution in [2.75, 3.05) is 19.4 Å². The van der Waals surface area contributed by atoms with E-state index in [0.717, 1.165) is 11.3 Å². The minimum atomic E-state index is -0.0460. The summed E-state index contributed by atoms with van der Waals surface area (Å²) in [5.74, 6) is -0.0460. The number of benzene rings is 2. The lowest BCUT2D eigenvalue weighted by molar-refractivity contribution is 0.0828. The van der Waals surface area contributed by atoms with Gasteiger partial charge in [0.15, 0.2) is 0 Å². The third-order valence-electron chi connectivity index (χ3n) is 3.06. The summed E-state index contributed by atoms with van der Waals surface area (Å²) in [5, 5.41) is 4.30. The molecule has 0 saturated carbocycles. The predicted octanol–water partition coefficient (Wildman–Crippen LogP) is 4.31. The number of carbonyl (C=O) groups is 1. The first-order valence-corrected chi connectivity index (χ1v) is 7.23. The fourth-order valence-electron chi connectivity index (χ4n) is 1.94. The molecule has 0 atom stereocenters. The molecule has 0 radical (unpaired) electrons. The molecular weight excluding hydrogens is 307 g/mol. The fourth-order valence-corrected chi connectivity index (χ4v) is 2.33. The first-order chi connectivity index (χ1) is 10.0. The standard InChI is InChI=1S/C16H16Cl2N2O/c1-20(2)16(21)12-7-3-4-9-14(12)19-10-11-6-5-8-13(17)15(11)18/h3-9,19H,10H2,1-2H3. The Bertz CT molecular complexity index is 656. The highest BCUT2D eigenvalue weighted by molar-refractivity contribution is 6.42. The molecule has 3 nitrogen and oxygen atoms in total. The monoisotopic (exact) mass is 322 g/mol. The molecule has 0 spiro atoms. The largest absolute Gasteiger partial charge is 0.380 e. The number of hydrogen-bond donors (Lipinski definition) is 1. The zero-order chi connectivity index (χ0) is 15.4. The Morgan fingerprint density at radius 2 is 1.81 bits per heavy atom. The Hall–Kier alpha value is -1.71. The number of carbonyl (C=O) groups excluding carboxylic acids is 1. The van der Waals surface area contributed by atoms with Crippen LogP contribution in [0.4, 0.5) is 5.69 Å². The summed E-state index contributed by atoms with van der Waals surface area (Å²) in [5.41, 5.74) is 2.28. The van der Waals surface area contributed by atoms with E-state index in [1.807, 2.05) is 30.3 Å². The van der Waals surface area contributed by atoms with Crippen LogP contribution in [0.2, 0.25) is 10.0 Å². The number of rotatable bonds is 4. The van der Waals surface area contributed by atoms with Gasteiger partial charge in [-0.15, -0.1) is 0 Å². The smallest absolute Gasteiger partial charge is 0.255 e. The van der Waals surface area contributed by atoms with Crippen molar-refractivity contribution in [2.45, 2.75) is 6.54 Å². The first kappa shape index (κ1) is 15.7. The van der Waals surface area contributed by atoms with E-state index in [1.54, 1.807) is 31.1 Å². The van der Waals surface area contributed by atoms with Crippen LogP contribution in [0.3, 0.4) is 0 Å². The molecule has 0 saturated heterocycles. The second-order valence-electron chi connectivity index (χ2n) is 4.81. The molecule has 0 bridgehead atoms. The number of halogens is 2. The van der Waals surface area contributed by atoms with Gasteiger partial charge in [-0.3, -0.25) is 4.79 Å². The number of para-hydroxylation sites is 1. The van der Waals surface area contributed by atoms with Gasteiger partial charge in [-0.2, -0.15) is 0 Å². The van der Waals surface area contributed by atoms with Crippen molar-refractivity contribution in [1.82, 2.24) is 4.90 Å². The summed E-state index contributed by atoms with van der Waals surface area (Å²) in [6.45, 7) is 0.497. The summed E-state index contributed by atoms with van der Waals surface area (Å²) >= 11 is 12.2. The third kappa shape index (κ3) is 3.69. The van der Waals surface area contributed by atoms with Gasteiger partial charge in [0.05, 0.1) is 15.6 Å². The molecule has 0 aliphatic carbocycles. The second-order valence-corrected chi connectivity index (χ2v) is 5.60. The molecule has 1 N–H and O–H groups in total. The Kier molecular flexibility index (Phi) is 5.10. The van der Waals surface area contributed by atoms with E-state index in [1.165, 1.54) is 0 Å². The van der Waals surface area contributed by atoms with Crippen molar-refractivity contribution in [3.05, 3.63) is 63.6 Å². The molecule has 2 aromatic carbocycles. The van der Waals surface area contributed by atoms with Crippen molar-refractivity contribution < 1.29 is 4.79 Å². The summed E-state index contributed by atoms with van der Waals surface area (Å²) in [4.78, 5) is 13.7. The average molecular weight is 323 g/mol. The second kappa shape index (κ2) is 6.83. The molecule has 110 valence electrons.